The van der Waals surface area contributed by atoms with E-state index in [1.54, 1.807) is 18.2 Å². The molecule has 3 aromatic rings. The highest BCUT2D eigenvalue weighted by Crippen LogP contribution is 2.46. The average molecular weight is 558 g/mol. The van der Waals surface area contributed by atoms with Crippen LogP contribution in [0.4, 0.5) is 0 Å². The summed E-state index contributed by atoms with van der Waals surface area (Å²) in [5.41, 5.74) is 0.266. The normalized spacial score (nSPS) is 24.4. The molecule has 12 heteroatoms. The molecule has 1 amide bonds. The Hall–Kier alpha value is -3.84. The molecular weight excluding hydrogens is 526 g/mol. The summed E-state index contributed by atoms with van der Waals surface area (Å²) in [4.78, 5) is 26.3. The van der Waals surface area contributed by atoms with Gasteiger partial charge in [0.1, 0.15) is 52.6 Å². The van der Waals surface area contributed by atoms with E-state index in [0.29, 0.717) is 17.1 Å². The predicted octanol–water partition coefficient (Wildman–Crippen LogP) is 1.30. The molecule has 2 aliphatic rings. The molecule has 1 saturated heterocycles. The summed E-state index contributed by atoms with van der Waals surface area (Å²) < 4.78 is 33.8. The van der Waals surface area contributed by atoms with Gasteiger partial charge in [0.15, 0.2) is 23.0 Å². The molecule has 40 heavy (non-hydrogen) atoms. The van der Waals surface area contributed by atoms with Crippen molar-refractivity contribution in [3.63, 3.8) is 0 Å². The zero-order valence-corrected chi connectivity index (χ0v) is 22.4. The first-order valence-electron chi connectivity index (χ1n) is 12.7. The maximum atomic E-state index is 13.5. The Morgan fingerprint density at radius 2 is 1.57 bits per heavy atom. The maximum Gasteiger partial charge on any atom is 0.252 e. The zero-order valence-electron chi connectivity index (χ0n) is 22.4. The van der Waals surface area contributed by atoms with E-state index in [4.69, 9.17) is 28.1 Å². The molecule has 1 aliphatic carbocycles. The Morgan fingerprint density at radius 3 is 2.20 bits per heavy atom. The fourth-order valence-corrected chi connectivity index (χ4v) is 4.91. The van der Waals surface area contributed by atoms with Crippen LogP contribution < -0.4 is 29.7 Å². The average Bonchev–Trinajstić information content (AvgIpc) is 3.78. The number of benzene rings is 2. The Morgan fingerprint density at radius 1 is 0.875 bits per heavy atom. The molecule has 214 valence electrons. The Labute approximate surface area is 229 Å². The van der Waals surface area contributed by atoms with Crippen molar-refractivity contribution in [3.8, 4) is 34.3 Å². The number of carbonyl (C=O) groups excluding carboxylic acids is 1. The summed E-state index contributed by atoms with van der Waals surface area (Å²) >= 11 is 0. The number of ether oxygens (including phenoxy) is 5. The summed E-state index contributed by atoms with van der Waals surface area (Å²) in [5, 5.41) is 34.8. The first-order chi connectivity index (χ1) is 19.2. The first-order valence-corrected chi connectivity index (χ1v) is 12.7. The highest BCUT2D eigenvalue weighted by Gasteiger charge is 2.49. The largest absolute Gasteiger partial charge is 0.496 e. The van der Waals surface area contributed by atoms with E-state index in [9.17, 15) is 24.9 Å². The van der Waals surface area contributed by atoms with Crippen molar-refractivity contribution in [2.24, 2.45) is 0 Å². The quantitative estimate of drug-likeness (QED) is 0.315. The second-order valence-corrected chi connectivity index (χ2v) is 9.68. The van der Waals surface area contributed by atoms with Crippen LogP contribution >= 0.6 is 0 Å². The third-order valence-corrected chi connectivity index (χ3v) is 7.15. The highest BCUT2D eigenvalue weighted by molar-refractivity contribution is 5.89. The van der Waals surface area contributed by atoms with Crippen molar-refractivity contribution >= 4 is 16.9 Å². The molecule has 12 nitrogen and oxygen atoms in total. The van der Waals surface area contributed by atoms with Gasteiger partial charge < -0.3 is 48.7 Å². The topological polar surface area (TPSA) is 166 Å². The molecule has 2 aromatic carbocycles. The van der Waals surface area contributed by atoms with Gasteiger partial charge in [-0.2, -0.15) is 0 Å². The Kier molecular flexibility index (Phi) is 7.60. The van der Waals surface area contributed by atoms with E-state index in [-0.39, 0.29) is 39.8 Å². The van der Waals surface area contributed by atoms with Crippen molar-refractivity contribution in [2.45, 2.75) is 49.4 Å². The molecule has 5 rings (SSSR count). The van der Waals surface area contributed by atoms with Crippen molar-refractivity contribution in [1.29, 1.82) is 0 Å². The van der Waals surface area contributed by atoms with Crippen LogP contribution in [0.2, 0.25) is 0 Å². The number of aliphatic hydroxyl groups is 3. The van der Waals surface area contributed by atoms with Crippen LogP contribution in [-0.4, -0.2) is 80.1 Å². The second-order valence-electron chi connectivity index (χ2n) is 9.68. The number of aliphatic hydroxyl groups excluding tert-OH is 3. The van der Waals surface area contributed by atoms with Gasteiger partial charge in [0.05, 0.1) is 34.0 Å². The van der Waals surface area contributed by atoms with Gasteiger partial charge in [-0.15, -0.1) is 0 Å². The monoisotopic (exact) mass is 557 g/mol. The summed E-state index contributed by atoms with van der Waals surface area (Å²) in [5.74, 6) is 0.632. The van der Waals surface area contributed by atoms with Crippen LogP contribution in [-0.2, 0) is 9.53 Å². The van der Waals surface area contributed by atoms with Gasteiger partial charge in [-0.3, -0.25) is 9.59 Å². The summed E-state index contributed by atoms with van der Waals surface area (Å²) in [6.07, 6.45) is -6.38. The number of fused-ring (bicyclic) bond motifs is 1. The molecule has 0 unspecified atom stereocenters. The number of hydrogen-bond acceptors (Lipinski definition) is 11. The van der Waals surface area contributed by atoms with E-state index >= 15 is 0 Å². The molecule has 1 aromatic heterocycles. The van der Waals surface area contributed by atoms with E-state index in [1.807, 2.05) is 0 Å². The lowest BCUT2D eigenvalue weighted by molar-refractivity contribution is -0.223. The molecule has 1 aliphatic heterocycles. The van der Waals surface area contributed by atoms with Crippen LogP contribution in [0.15, 0.2) is 39.5 Å². The van der Waals surface area contributed by atoms with E-state index in [2.05, 4.69) is 5.32 Å². The lowest BCUT2D eigenvalue weighted by Crippen LogP contribution is -2.59. The number of nitrogens with one attached hydrogen (secondary N) is 1. The standard InChI is InChI=1S/C28H31NO11/c1-35-15-8-5-12(9-17(15)36-2)16-10-14(30)20-19(39-16)11-18(37-3)21(25(20)38-4)26-23(32)22(31)24(33)27(40-26)28(34)29-13-6-7-13/h5,8-11,13,22-24,26-27,31-33H,6-7H2,1-4H3,(H,29,34)/t22-,23-,24+,26+,27+/m1/s1. The molecule has 2 heterocycles. The smallest absolute Gasteiger partial charge is 0.252 e. The van der Waals surface area contributed by atoms with Crippen molar-refractivity contribution in [1.82, 2.24) is 5.32 Å². The van der Waals surface area contributed by atoms with E-state index in [1.165, 1.54) is 40.6 Å². The molecule has 2 fully saturated rings. The van der Waals surface area contributed by atoms with E-state index < -0.39 is 41.9 Å². The minimum Gasteiger partial charge on any atom is -0.496 e. The molecular formula is C28H31NO11. The van der Waals surface area contributed by atoms with Crippen LogP contribution in [0.5, 0.6) is 23.0 Å². The van der Waals surface area contributed by atoms with Gasteiger partial charge in [-0.1, -0.05) is 0 Å². The predicted molar refractivity (Wildman–Crippen MR) is 141 cm³/mol. The van der Waals surface area contributed by atoms with Gasteiger partial charge in [-0.05, 0) is 31.0 Å². The van der Waals surface area contributed by atoms with Gasteiger partial charge >= 0.3 is 0 Å². The van der Waals surface area contributed by atoms with Crippen molar-refractivity contribution in [3.05, 3.63) is 46.1 Å². The lowest BCUT2D eigenvalue weighted by Gasteiger charge is -2.40. The van der Waals surface area contributed by atoms with Crippen LogP contribution in [0.3, 0.4) is 0 Å². The maximum absolute atomic E-state index is 13.5. The molecule has 0 radical (unpaired) electrons. The van der Waals surface area contributed by atoms with Gasteiger partial charge in [-0.25, -0.2) is 0 Å². The summed E-state index contributed by atoms with van der Waals surface area (Å²) in [6, 6.07) is 7.74. The minimum atomic E-state index is -1.73. The fraction of sp³-hybridized carbons (Fsp3) is 0.429. The number of amides is 1. The Bertz CT molecular complexity index is 1480. The number of rotatable bonds is 8. The second kappa shape index (κ2) is 11.0. The summed E-state index contributed by atoms with van der Waals surface area (Å²) in [7, 11) is 5.68. The first kappa shape index (κ1) is 27.7. The van der Waals surface area contributed by atoms with Crippen LogP contribution in [0, 0.1) is 0 Å². The molecule has 1 saturated carbocycles. The number of methoxy groups -OCH3 is 4. The zero-order chi connectivity index (χ0) is 28.7. The number of carbonyl (C=O) groups is 1. The Balaban J connectivity index is 1.62. The van der Waals surface area contributed by atoms with Crippen LogP contribution in [0.1, 0.15) is 24.5 Å². The van der Waals surface area contributed by atoms with Gasteiger partial charge in [0.25, 0.3) is 5.91 Å². The molecule has 5 atom stereocenters. The fourth-order valence-electron chi connectivity index (χ4n) is 4.91. The third kappa shape index (κ3) is 4.83. The number of hydrogen-bond donors (Lipinski definition) is 4. The minimum absolute atomic E-state index is 0.0259. The third-order valence-electron chi connectivity index (χ3n) is 7.15. The van der Waals surface area contributed by atoms with Crippen molar-refractivity contribution in [2.75, 3.05) is 28.4 Å². The molecule has 0 spiro atoms. The van der Waals surface area contributed by atoms with Crippen LogP contribution in [0.25, 0.3) is 22.3 Å². The molecule has 0 bridgehead atoms. The summed E-state index contributed by atoms with van der Waals surface area (Å²) in [6.45, 7) is 0. The van der Waals surface area contributed by atoms with E-state index in [0.717, 1.165) is 12.8 Å². The van der Waals surface area contributed by atoms with Crippen molar-refractivity contribution < 1.29 is 48.2 Å². The van der Waals surface area contributed by atoms with Gasteiger partial charge in [0, 0.05) is 23.7 Å². The lowest BCUT2D eigenvalue weighted by atomic mass is 9.89. The SMILES string of the molecule is COc1ccc(-c2cc(=O)c3c(OC)c([C@@H]4O[C@H](C(=O)NC5CC5)[C@@H](O)[C@H](O)[C@H]4O)c(OC)cc3o2)cc1OC. The van der Waals surface area contributed by atoms with Gasteiger partial charge in [0.2, 0.25) is 0 Å². The highest BCUT2D eigenvalue weighted by atomic mass is 16.5. The molecule has 4 N–H and O–H groups in total.